The summed E-state index contributed by atoms with van der Waals surface area (Å²) < 4.78 is 0.596. The van der Waals surface area contributed by atoms with Gasteiger partial charge in [-0.3, -0.25) is 10.1 Å². The lowest BCUT2D eigenvalue weighted by Crippen LogP contribution is -1.98. The lowest BCUT2D eigenvalue weighted by molar-refractivity contribution is -0.416. The Balaban J connectivity index is 3.06. The minimum absolute atomic E-state index is 0.0180. The van der Waals surface area contributed by atoms with Crippen molar-refractivity contribution in [2.45, 2.75) is 0 Å². The van der Waals surface area contributed by atoms with Crippen molar-refractivity contribution in [2.24, 2.45) is 0 Å². The zero-order valence-corrected chi connectivity index (χ0v) is 7.01. The second kappa shape index (κ2) is 3.66. The van der Waals surface area contributed by atoms with E-state index in [1.54, 1.807) is 6.07 Å². The molecule has 5 heteroatoms. The molecule has 0 saturated carbocycles. The Labute approximate surface area is 74.7 Å². The van der Waals surface area contributed by atoms with Crippen LogP contribution in [0.5, 0.6) is 0 Å². The van der Waals surface area contributed by atoms with E-state index < -0.39 is 4.92 Å². The van der Waals surface area contributed by atoms with E-state index in [4.69, 9.17) is 0 Å². The summed E-state index contributed by atoms with van der Waals surface area (Å²) in [5.41, 5.74) is 0.502. The molecule has 0 aliphatic rings. The summed E-state index contributed by atoms with van der Waals surface area (Å²) in [4.78, 5) is 9.84. The number of hydroxylamine groups is 1. The second-order valence-electron chi connectivity index (χ2n) is 2.53. The number of hydrogen-bond acceptors (Lipinski definition) is 3. The van der Waals surface area contributed by atoms with Crippen LogP contribution in [0.3, 0.4) is 0 Å². The number of nitro groups is 1. The van der Waals surface area contributed by atoms with Crippen molar-refractivity contribution in [3.05, 3.63) is 45.2 Å². The van der Waals surface area contributed by atoms with Gasteiger partial charge in [-0.05, 0) is 6.07 Å². The van der Waals surface area contributed by atoms with Crippen molar-refractivity contribution in [3.8, 4) is 0 Å². The monoisotopic (exact) mass is 180 g/mol. The largest absolute Gasteiger partial charge is 0.624 e. The van der Waals surface area contributed by atoms with E-state index in [1.165, 1.54) is 31.5 Å². The summed E-state index contributed by atoms with van der Waals surface area (Å²) in [6.07, 6.45) is 1.27. The molecule has 0 radical (unpaired) electrons. The van der Waals surface area contributed by atoms with Gasteiger partial charge in [-0.1, -0.05) is 6.07 Å². The maximum absolute atomic E-state index is 10.6. The lowest BCUT2D eigenvalue weighted by Gasteiger charge is -1.95. The second-order valence-corrected chi connectivity index (χ2v) is 2.53. The van der Waals surface area contributed by atoms with Gasteiger partial charge in [0.1, 0.15) is 7.05 Å². The van der Waals surface area contributed by atoms with Gasteiger partial charge in [0.05, 0.1) is 4.92 Å². The van der Waals surface area contributed by atoms with Gasteiger partial charge in [-0.2, -0.15) is 0 Å². The van der Waals surface area contributed by atoms with Crippen molar-refractivity contribution in [3.63, 3.8) is 0 Å². The number of benzene rings is 1. The van der Waals surface area contributed by atoms with Crippen LogP contribution in [0.4, 0.5) is 5.69 Å². The van der Waals surface area contributed by atoms with Crippen LogP contribution in [0.15, 0.2) is 24.3 Å². The van der Waals surface area contributed by atoms with Gasteiger partial charge < -0.3 is 5.21 Å². The van der Waals surface area contributed by atoms with E-state index in [1.807, 2.05) is 0 Å². The van der Waals surface area contributed by atoms with E-state index in [-0.39, 0.29) is 5.69 Å². The lowest BCUT2D eigenvalue weighted by atomic mass is 10.2. The smallest absolute Gasteiger partial charge is 0.270 e. The Kier molecular flexibility index (Phi) is 2.59. The molecule has 0 aliphatic heterocycles. The maximum atomic E-state index is 10.6. The molecule has 0 heterocycles. The third-order valence-electron chi connectivity index (χ3n) is 1.41. The van der Waals surface area contributed by atoms with Gasteiger partial charge in [-0.15, -0.1) is 0 Å². The molecule has 0 bridgehead atoms. The standard InChI is InChI=1S/C8H8N2O3/c1-9(11)6-7-3-2-4-8(5-7)10(12)13/h2-6H,1H3/b9-6+. The minimum Gasteiger partial charge on any atom is -0.624 e. The molecule has 0 aliphatic carbocycles. The summed E-state index contributed by atoms with van der Waals surface area (Å²) in [5, 5.41) is 20.9. The molecule has 0 fully saturated rings. The number of rotatable bonds is 2. The molecule has 0 saturated heterocycles. The fourth-order valence-electron chi connectivity index (χ4n) is 0.929. The van der Waals surface area contributed by atoms with E-state index in [0.717, 1.165) is 0 Å². The highest BCUT2D eigenvalue weighted by atomic mass is 16.6. The summed E-state index contributed by atoms with van der Waals surface area (Å²) in [6, 6.07) is 5.88. The quantitative estimate of drug-likeness (QED) is 0.225. The third kappa shape index (κ3) is 2.55. The zero-order chi connectivity index (χ0) is 9.84. The molecule has 0 spiro atoms. The van der Waals surface area contributed by atoms with E-state index in [9.17, 15) is 15.3 Å². The molecule has 0 unspecified atom stereocenters. The van der Waals surface area contributed by atoms with Crippen molar-refractivity contribution in [1.82, 2.24) is 0 Å². The Morgan fingerprint density at radius 3 is 2.62 bits per heavy atom. The molecule has 68 valence electrons. The van der Waals surface area contributed by atoms with Crippen molar-refractivity contribution < 1.29 is 9.66 Å². The Hall–Kier alpha value is -1.91. The number of hydrogen-bond donors (Lipinski definition) is 0. The SMILES string of the molecule is C/[N+]([O-])=C\c1cccc([N+](=O)[O-])c1. The van der Waals surface area contributed by atoms with Gasteiger partial charge in [0.25, 0.3) is 5.69 Å². The van der Waals surface area contributed by atoms with Crippen LogP contribution in [0.1, 0.15) is 5.56 Å². The summed E-state index contributed by atoms with van der Waals surface area (Å²) >= 11 is 0. The molecule has 0 N–H and O–H groups in total. The van der Waals surface area contributed by atoms with Crippen molar-refractivity contribution in [1.29, 1.82) is 0 Å². The first-order valence-corrected chi connectivity index (χ1v) is 3.59. The molecule has 0 amide bonds. The molecule has 1 aromatic rings. The van der Waals surface area contributed by atoms with Crippen LogP contribution in [-0.4, -0.2) is 22.9 Å². The summed E-state index contributed by atoms with van der Waals surface area (Å²) in [6.45, 7) is 0. The number of nitro benzene ring substituents is 1. The Morgan fingerprint density at radius 2 is 2.08 bits per heavy atom. The third-order valence-corrected chi connectivity index (χ3v) is 1.41. The van der Waals surface area contributed by atoms with Gasteiger partial charge >= 0.3 is 0 Å². The van der Waals surface area contributed by atoms with Crippen LogP contribution in [0.2, 0.25) is 0 Å². The van der Waals surface area contributed by atoms with Gasteiger partial charge in [0.15, 0.2) is 6.21 Å². The molecular weight excluding hydrogens is 172 g/mol. The molecular formula is C8H8N2O3. The zero-order valence-electron chi connectivity index (χ0n) is 7.01. The Bertz CT molecular complexity index is 356. The van der Waals surface area contributed by atoms with Crippen LogP contribution in [0.25, 0.3) is 0 Å². The molecule has 0 atom stereocenters. The average Bonchev–Trinajstić information content (AvgIpc) is 2.03. The first-order chi connectivity index (χ1) is 6.09. The summed E-state index contributed by atoms with van der Waals surface area (Å²) in [5.74, 6) is 0. The number of nitrogens with zero attached hydrogens (tertiary/aromatic N) is 2. The van der Waals surface area contributed by atoms with Crippen molar-refractivity contribution in [2.75, 3.05) is 7.05 Å². The topological polar surface area (TPSA) is 69.2 Å². The predicted octanol–water partition coefficient (Wildman–Crippen LogP) is 1.15. The highest BCUT2D eigenvalue weighted by Gasteiger charge is 2.04. The van der Waals surface area contributed by atoms with E-state index in [2.05, 4.69) is 0 Å². The van der Waals surface area contributed by atoms with Crippen LogP contribution in [-0.2, 0) is 0 Å². The normalized spacial score (nSPS) is 11.3. The van der Waals surface area contributed by atoms with E-state index in [0.29, 0.717) is 10.3 Å². The first-order valence-electron chi connectivity index (χ1n) is 3.59. The fraction of sp³-hybridized carbons (Fsp3) is 0.125. The molecule has 1 rings (SSSR count). The number of non-ortho nitro benzene ring substituents is 1. The fourth-order valence-corrected chi connectivity index (χ4v) is 0.929. The van der Waals surface area contributed by atoms with Crippen LogP contribution >= 0.6 is 0 Å². The Morgan fingerprint density at radius 1 is 1.38 bits per heavy atom. The van der Waals surface area contributed by atoms with Crippen LogP contribution < -0.4 is 0 Å². The molecule has 0 aromatic heterocycles. The van der Waals surface area contributed by atoms with Gasteiger partial charge in [-0.25, -0.2) is 4.74 Å². The first kappa shape index (κ1) is 9.18. The predicted molar refractivity (Wildman–Crippen MR) is 47.8 cm³/mol. The molecule has 13 heavy (non-hydrogen) atoms. The molecule has 5 nitrogen and oxygen atoms in total. The highest BCUT2D eigenvalue weighted by molar-refractivity contribution is 5.76. The maximum Gasteiger partial charge on any atom is 0.270 e. The molecule has 1 aromatic carbocycles. The van der Waals surface area contributed by atoms with Gasteiger partial charge in [0, 0.05) is 17.7 Å². The van der Waals surface area contributed by atoms with Crippen LogP contribution in [0, 0.1) is 15.3 Å². The minimum atomic E-state index is -0.498. The van der Waals surface area contributed by atoms with Crippen molar-refractivity contribution >= 4 is 11.9 Å². The average molecular weight is 180 g/mol. The highest BCUT2D eigenvalue weighted by Crippen LogP contribution is 2.11. The van der Waals surface area contributed by atoms with Gasteiger partial charge in [0.2, 0.25) is 0 Å². The van der Waals surface area contributed by atoms with E-state index >= 15 is 0 Å². The summed E-state index contributed by atoms with van der Waals surface area (Å²) in [7, 11) is 1.32.